The Morgan fingerprint density at radius 3 is 2.43 bits per heavy atom. The molecule has 0 unspecified atom stereocenters. The van der Waals surface area contributed by atoms with Crippen molar-refractivity contribution in [3.63, 3.8) is 0 Å². The topological polar surface area (TPSA) is 56.7 Å². The molecule has 148 valence electrons. The van der Waals surface area contributed by atoms with Gasteiger partial charge in [0.05, 0.1) is 6.54 Å². The average Bonchev–Trinajstić information content (AvgIpc) is 2.74. The van der Waals surface area contributed by atoms with Gasteiger partial charge in [0, 0.05) is 31.7 Å². The minimum absolute atomic E-state index is 0.227. The third-order valence-corrected chi connectivity index (χ3v) is 4.92. The summed E-state index contributed by atoms with van der Waals surface area (Å²) in [6.45, 7) is 5.03. The van der Waals surface area contributed by atoms with Crippen molar-refractivity contribution >= 4 is 17.6 Å². The number of guanidine groups is 1. The molecule has 0 radical (unpaired) electrons. The molecule has 1 aliphatic rings. The Morgan fingerprint density at radius 2 is 1.71 bits per heavy atom. The van der Waals surface area contributed by atoms with Crippen LogP contribution in [0, 0.1) is 6.92 Å². The molecular weight excluding hydrogens is 348 g/mol. The second-order valence-corrected chi connectivity index (χ2v) is 7.26. The number of aliphatic imine (C=N–C) groups is 1. The van der Waals surface area contributed by atoms with E-state index in [1.54, 1.807) is 0 Å². The summed E-state index contributed by atoms with van der Waals surface area (Å²) in [6.07, 6.45) is 3.97. The van der Waals surface area contributed by atoms with Gasteiger partial charge in [-0.15, -0.1) is 0 Å². The van der Waals surface area contributed by atoms with Crippen LogP contribution in [0.1, 0.15) is 36.8 Å². The Hall–Kier alpha value is -2.82. The van der Waals surface area contributed by atoms with E-state index in [1.807, 2.05) is 35.2 Å². The summed E-state index contributed by atoms with van der Waals surface area (Å²) in [5.74, 6) is 0.919. The lowest BCUT2D eigenvalue weighted by Gasteiger charge is -2.26. The number of aryl methyl sites for hydroxylation is 1. The first kappa shape index (κ1) is 19.9. The van der Waals surface area contributed by atoms with Gasteiger partial charge in [0.1, 0.15) is 0 Å². The number of nitrogens with zero attached hydrogens (tertiary/aromatic N) is 2. The highest BCUT2D eigenvalue weighted by molar-refractivity contribution is 5.93. The summed E-state index contributed by atoms with van der Waals surface area (Å²) in [5, 5.41) is 6.64. The summed E-state index contributed by atoms with van der Waals surface area (Å²) < 4.78 is 0. The monoisotopic (exact) mass is 378 g/mol. The normalized spacial score (nSPS) is 14.6. The van der Waals surface area contributed by atoms with Gasteiger partial charge < -0.3 is 15.5 Å². The maximum atomic E-state index is 12.4. The molecule has 28 heavy (non-hydrogen) atoms. The number of likely N-dealkylation sites (tertiary alicyclic amines) is 1. The lowest BCUT2D eigenvalue weighted by molar-refractivity contribution is -0.131. The molecule has 5 nitrogen and oxygen atoms in total. The number of nitrogens with one attached hydrogen (secondary N) is 2. The number of benzene rings is 2. The highest BCUT2D eigenvalue weighted by atomic mass is 16.2. The fraction of sp³-hybridized carbons (Fsp3) is 0.391. The molecule has 0 bridgehead atoms. The summed E-state index contributed by atoms with van der Waals surface area (Å²) in [4.78, 5) is 19.1. The molecule has 0 atom stereocenters. The van der Waals surface area contributed by atoms with Crippen molar-refractivity contribution in [2.24, 2.45) is 4.99 Å². The zero-order chi connectivity index (χ0) is 19.6. The largest absolute Gasteiger partial charge is 0.356 e. The molecule has 1 fully saturated rings. The van der Waals surface area contributed by atoms with Crippen molar-refractivity contribution in [3.05, 3.63) is 65.7 Å². The van der Waals surface area contributed by atoms with Crippen LogP contribution < -0.4 is 10.6 Å². The van der Waals surface area contributed by atoms with Crippen molar-refractivity contribution in [3.8, 4) is 0 Å². The third-order valence-electron chi connectivity index (χ3n) is 4.92. The minimum atomic E-state index is 0.227. The van der Waals surface area contributed by atoms with Gasteiger partial charge in [-0.2, -0.15) is 0 Å². The minimum Gasteiger partial charge on any atom is -0.356 e. The zero-order valence-corrected chi connectivity index (χ0v) is 16.7. The molecule has 2 N–H and O–H groups in total. The van der Waals surface area contributed by atoms with Gasteiger partial charge in [0.25, 0.3) is 0 Å². The summed E-state index contributed by atoms with van der Waals surface area (Å²) in [5.41, 5.74) is 3.37. The maximum Gasteiger partial charge on any atom is 0.224 e. The number of piperidine rings is 1. The van der Waals surface area contributed by atoms with Crippen molar-refractivity contribution in [2.75, 3.05) is 25.0 Å². The quantitative estimate of drug-likeness (QED) is 0.591. The standard InChI is InChI=1S/C23H30N4O/c1-19-10-12-20(13-11-19)18-25-23(26-21-8-4-2-5-9-21)24-15-14-22(28)27-16-6-3-7-17-27/h2,4-5,8-13H,3,6-7,14-18H2,1H3,(H2,24,25,26). The van der Waals surface area contributed by atoms with Crippen LogP contribution in [0.15, 0.2) is 59.6 Å². The number of carbonyl (C=O) groups is 1. The van der Waals surface area contributed by atoms with E-state index < -0.39 is 0 Å². The Labute approximate surface area is 167 Å². The van der Waals surface area contributed by atoms with E-state index in [4.69, 9.17) is 4.99 Å². The van der Waals surface area contributed by atoms with Crippen LogP contribution in [0.4, 0.5) is 5.69 Å². The van der Waals surface area contributed by atoms with Crippen molar-refractivity contribution in [1.82, 2.24) is 10.2 Å². The number of carbonyl (C=O) groups excluding carboxylic acids is 1. The molecule has 0 aliphatic carbocycles. The van der Waals surface area contributed by atoms with E-state index in [0.717, 1.165) is 37.2 Å². The van der Waals surface area contributed by atoms with Gasteiger partial charge in [-0.3, -0.25) is 4.79 Å². The third kappa shape index (κ3) is 6.41. The molecule has 1 heterocycles. The van der Waals surface area contributed by atoms with E-state index in [-0.39, 0.29) is 5.91 Å². The van der Waals surface area contributed by atoms with Crippen molar-refractivity contribution in [1.29, 1.82) is 0 Å². The predicted molar refractivity (Wildman–Crippen MR) is 115 cm³/mol. The average molecular weight is 379 g/mol. The number of amides is 1. The van der Waals surface area contributed by atoms with Crippen LogP contribution in [0.2, 0.25) is 0 Å². The number of para-hydroxylation sites is 1. The number of hydrogen-bond acceptors (Lipinski definition) is 2. The molecule has 3 rings (SSSR count). The van der Waals surface area contributed by atoms with Crippen LogP contribution in [0.3, 0.4) is 0 Å². The summed E-state index contributed by atoms with van der Waals surface area (Å²) >= 11 is 0. The summed E-state index contributed by atoms with van der Waals surface area (Å²) in [7, 11) is 0. The molecule has 2 aromatic rings. The number of rotatable bonds is 6. The molecule has 1 aliphatic heterocycles. The fourth-order valence-corrected chi connectivity index (χ4v) is 3.25. The predicted octanol–water partition coefficient (Wildman–Crippen LogP) is 3.96. The Morgan fingerprint density at radius 1 is 1.00 bits per heavy atom. The molecule has 1 saturated heterocycles. The van der Waals surface area contributed by atoms with Gasteiger partial charge in [0.2, 0.25) is 5.91 Å². The first-order chi connectivity index (χ1) is 13.7. The second-order valence-electron chi connectivity index (χ2n) is 7.26. The van der Waals surface area contributed by atoms with E-state index in [2.05, 4.69) is 41.8 Å². The van der Waals surface area contributed by atoms with Crippen LogP contribution in [0.5, 0.6) is 0 Å². The van der Waals surface area contributed by atoms with Crippen molar-refractivity contribution in [2.45, 2.75) is 39.2 Å². The van der Waals surface area contributed by atoms with Crippen LogP contribution in [-0.2, 0) is 11.3 Å². The van der Waals surface area contributed by atoms with Gasteiger partial charge >= 0.3 is 0 Å². The number of anilines is 1. The Balaban J connectivity index is 1.57. The van der Waals surface area contributed by atoms with E-state index in [1.165, 1.54) is 12.0 Å². The molecule has 0 saturated carbocycles. The molecule has 0 spiro atoms. The Bertz CT molecular complexity index is 765. The number of hydrogen-bond donors (Lipinski definition) is 2. The van der Waals surface area contributed by atoms with E-state index in [9.17, 15) is 4.79 Å². The Kier molecular flexibility index (Phi) is 7.47. The van der Waals surface area contributed by atoms with Crippen LogP contribution in [0.25, 0.3) is 0 Å². The highest BCUT2D eigenvalue weighted by Crippen LogP contribution is 2.10. The smallest absolute Gasteiger partial charge is 0.224 e. The van der Waals surface area contributed by atoms with Gasteiger partial charge in [-0.1, -0.05) is 48.0 Å². The molecule has 0 aromatic heterocycles. The first-order valence-electron chi connectivity index (χ1n) is 10.1. The van der Waals surface area contributed by atoms with Gasteiger partial charge in [-0.05, 0) is 43.9 Å². The molecular formula is C23H30N4O. The fourth-order valence-electron chi connectivity index (χ4n) is 3.25. The zero-order valence-electron chi connectivity index (χ0n) is 16.7. The molecule has 5 heteroatoms. The lowest BCUT2D eigenvalue weighted by atomic mass is 10.1. The van der Waals surface area contributed by atoms with Gasteiger partial charge in [-0.25, -0.2) is 4.99 Å². The van der Waals surface area contributed by atoms with E-state index >= 15 is 0 Å². The molecule has 1 amide bonds. The lowest BCUT2D eigenvalue weighted by Crippen LogP contribution is -2.39. The maximum absolute atomic E-state index is 12.4. The highest BCUT2D eigenvalue weighted by Gasteiger charge is 2.15. The first-order valence-corrected chi connectivity index (χ1v) is 10.1. The van der Waals surface area contributed by atoms with Gasteiger partial charge in [0.15, 0.2) is 5.96 Å². The van der Waals surface area contributed by atoms with Crippen LogP contribution in [-0.4, -0.2) is 36.4 Å². The SMILES string of the molecule is Cc1ccc(CN=C(NCCC(=O)N2CCCCC2)Nc2ccccc2)cc1. The van der Waals surface area contributed by atoms with E-state index in [0.29, 0.717) is 25.5 Å². The second kappa shape index (κ2) is 10.5. The molecule has 2 aromatic carbocycles. The van der Waals surface area contributed by atoms with Crippen LogP contribution >= 0.6 is 0 Å². The van der Waals surface area contributed by atoms with Crippen molar-refractivity contribution < 1.29 is 4.79 Å². The summed E-state index contributed by atoms with van der Waals surface area (Å²) in [6, 6.07) is 18.3.